The van der Waals surface area contributed by atoms with Crippen LogP contribution in [0.1, 0.15) is 53.0 Å². The van der Waals surface area contributed by atoms with E-state index in [4.69, 9.17) is 55.7 Å². The number of nitrogens with one attached hydrogen (secondary N) is 1. The first-order valence-electron chi connectivity index (χ1n) is 15.8. The normalized spacial score (nSPS) is 16.5. The highest BCUT2D eigenvalue weighted by Gasteiger charge is 2.42. The number of hydrogen-bond acceptors (Lipinski definition) is 9. The van der Waals surface area contributed by atoms with Gasteiger partial charge in [0.2, 0.25) is 5.91 Å². The van der Waals surface area contributed by atoms with Gasteiger partial charge in [0.1, 0.15) is 17.3 Å². The van der Waals surface area contributed by atoms with Crippen LogP contribution >= 0.6 is 46.4 Å². The molecule has 1 fully saturated rings. The van der Waals surface area contributed by atoms with Crippen molar-refractivity contribution in [3.63, 3.8) is 0 Å². The van der Waals surface area contributed by atoms with E-state index in [9.17, 15) is 24.3 Å². The number of benzene rings is 1. The second-order valence-corrected chi connectivity index (χ2v) is 14.8. The molecule has 4 rings (SSSR count). The number of β-amino-alcohol motifs (C(OH)–C–C–N with tert-alkyl or cyclic N) is 1. The van der Waals surface area contributed by atoms with Gasteiger partial charge in [0.25, 0.3) is 5.91 Å². The van der Waals surface area contributed by atoms with E-state index in [-0.39, 0.29) is 37.6 Å². The largest absolute Gasteiger partial charge is 0.444 e. The van der Waals surface area contributed by atoms with Gasteiger partial charge in [-0.2, -0.15) is 0 Å². The molecule has 2 N–H and O–H groups in total. The number of rotatable bonds is 10. The maximum Gasteiger partial charge on any atom is 0.411 e. The Morgan fingerprint density at radius 2 is 1.76 bits per heavy atom. The number of likely N-dealkylation sites (tertiary alicyclic amines) is 1. The molecule has 2 aromatic heterocycles. The van der Waals surface area contributed by atoms with E-state index in [0.717, 1.165) is 15.6 Å². The maximum atomic E-state index is 13.4. The van der Waals surface area contributed by atoms with E-state index in [0.29, 0.717) is 17.1 Å². The minimum absolute atomic E-state index is 0.00869. The van der Waals surface area contributed by atoms with Crippen molar-refractivity contribution < 1.29 is 33.5 Å². The fourth-order valence-corrected chi connectivity index (χ4v) is 5.60. The third-order valence-electron chi connectivity index (χ3n) is 7.50. The Morgan fingerprint density at radius 3 is 2.30 bits per heavy atom. The number of ether oxygens (including phenoxy) is 1. The Kier molecular flexibility index (Phi) is 14.9. The number of aromatic nitrogens is 2. The van der Waals surface area contributed by atoms with Crippen molar-refractivity contribution in [1.29, 1.82) is 0 Å². The van der Waals surface area contributed by atoms with E-state index >= 15 is 0 Å². The molecule has 12 nitrogen and oxygen atoms in total. The van der Waals surface area contributed by atoms with Crippen molar-refractivity contribution >= 4 is 75.8 Å². The maximum absolute atomic E-state index is 13.4. The molecule has 3 aromatic rings. The van der Waals surface area contributed by atoms with Crippen molar-refractivity contribution in [2.75, 3.05) is 18.0 Å². The summed E-state index contributed by atoms with van der Waals surface area (Å²) in [5, 5.41) is 18.0. The van der Waals surface area contributed by atoms with Gasteiger partial charge >= 0.3 is 6.09 Å². The van der Waals surface area contributed by atoms with Gasteiger partial charge in [-0.1, -0.05) is 71.5 Å². The second kappa shape index (κ2) is 18.2. The minimum Gasteiger partial charge on any atom is -0.444 e. The third kappa shape index (κ3) is 11.6. The van der Waals surface area contributed by atoms with Crippen LogP contribution in [0.3, 0.4) is 0 Å². The molecule has 1 aliphatic heterocycles. The third-order valence-corrected chi connectivity index (χ3v) is 8.69. The second-order valence-electron chi connectivity index (χ2n) is 12.9. The van der Waals surface area contributed by atoms with Crippen LogP contribution in [0.5, 0.6) is 0 Å². The highest BCUT2D eigenvalue weighted by atomic mass is 35.5. The summed E-state index contributed by atoms with van der Waals surface area (Å²) < 4.78 is 10.5. The van der Waals surface area contributed by atoms with E-state index in [2.05, 4.69) is 15.5 Å². The van der Waals surface area contributed by atoms with Crippen LogP contribution in [0.25, 0.3) is 11.5 Å². The fraction of sp³-hybridized carbons (Fsp3) is 0.471. The smallest absolute Gasteiger partial charge is 0.411 e. The topological polar surface area (TPSA) is 155 Å². The predicted molar refractivity (Wildman–Crippen MR) is 193 cm³/mol. The average molecular weight is 774 g/mol. The lowest BCUT2D eigenvalue weighted by Gasteiger charge is -2.30. The summed E-state index contributed by atoms with van der Waals surface area (Å²) in [6.45, 7) is 10.4. The number of pyridine rings is 1. The van der Waals surface area contributed by atoms with Gasteiger partial charge in [0.05, 0.1) is 24.9 Å². The Morgan fingerprint density at radius 1 is 1.10 bits per heavy atom. The number of nitrogens with zero attached hydrogens (tertiary/aromatic N) is 4. The molecule has 0 aliphatic carbocycles. The zero-order valence-electron chi connectivity index (χ0n) is 28.5. The quantitative estimate of drug-likeness (QED) is 0.216. The lowest BCUT2D eigenvalue weighted by Crippen LogP contribution is -2.53. The van der Waals surface area contributed by atoms with E-state index in [1.165, 1.54) is 22.2 Å². The number of carbonyl (C=O) groups excluding carboxylic acids is 4. The summed E-state index contributed by atoms with van der Waals surface area (Å²) in [6.07, 6.45) is 1.16. The number of ketones is 1. The van der Waals surface area contributed by atoms with Gasteiger partial charge in [-0.25, -0.2) is 4.79 Å². The van der Waals surface area contributed by atoms with Crippen molar-refractivity contribution in [1.82, 2.24) is 20.4 Å². The first kappa shape index (κ1) is 41.0. The van der Waals surface area contributed by atoms with Crippen molar-refractivity contribution in [2.24, 2.45) is 5.92 Å². The number of aliphatic hydroxyl groups is 1. The molecule has 0 saturated carbocycles. The predicted octanol–water partition coefficient (Wildman–Crippen LogP) is 6.65. The minimum atomic E-state index is -1.39. The summed E-state index contributed by atoms with van der Waals surface area (Å²) in [4.78, 5) is 57.5. The molecule has 0 spiro atoms. The molecular weight excluding hydrogens is 732 g/mol. The van der Waals surface area contributed by atoms with Gasteiger partial charge in [-0.3, -0.25) is 24.3 Å². The molecule has 3 atom stereocenters. The van der Waals surface area contributed by atoms with Crippen LogP contribution in [0.4, 0.5) is 10.5 Å². The summed E-state index contributed by atoms with van der Waals surface area (Å²) in [7, 11) is 0. The molecule has 3 heterocycles. The Labute approximate surface area is 311 Å². The Balaban J connectivity index is 0.000000650. The van der Waals surface area contributed by atoms with Crippen LogP contribution in [0, 0.1) is 12.8 Å². The van der Waals surface area contributed by atoms with E-state index < -0.39 is 46.5 Å². The van der Waals surface area contributed by atoms with E-state index in [1.54, 1.807) is 52.8 Å². The van der Waals surface area contributed by atoms with Crippen molar-refractivity contribution in [2.45, 2.75) is 83.0 Å². The molecule has 272 valence electrons. The summed E-state index contributed by atoms with van der Waals surface area (Å²) >= 11 is 23.3. The number of Topliss-reactive ketones (excluding diaryl/α,β-unsaturated/α-hetero) is 1. The van der Waals surface area contributed by atoms with Crippen molar-refractivity contribution in [3.8, 4) is 11.5 Å². The molecule has 1 aromatic carbocycles. The van der Waals surface area contributed by atoms with Crippen LogP contribution in [-0.2, 0) is 19.1 Å². The Hall–Kier alpha value is -3.42. The molecule has 3 amide bonds. The SMILES string of the molecule is CC(C)C(NC(=O)C1CC(O)CN1C(=O)OC(C)(C)C)C(=O)CCN(C(=O)C(Cl)Cl)c1ccnc(-c2ccno2)c1.Cc1c(Cl)cccc1Cl. The number of amides is 3. The lowest BCUT2D eigenvalue weighted by atomic mass is 9.97. The van der Waals surface area contributed by atoms with Gasteiger partial charge in [0, 0.05) is 47.4 Å². The first-order chi connectivity index (χ1) is 23.4. The molecule has 1 saturated heterocycles. The monoisotopic (exact) mass is 771 g/mol. The molecule has 3 unspecified atom stereocenters. The van der Waals surface area contributed by atoms with E-state index in [1.807, 2.05) is 25.1 Å². The van der Waals surface area contributed by atoms with Gasteiger partial charge in [0.15, 0.2) is 16.4 Å². The van der Waals surface area contributed by atoms with Crippen LogP contribution in [0.2, 0.25) is 10.0 Å². The fourth-order valence-electron chi connectivity index (χ4n) is 4.97. The number of aliphatic hydroxyl groups excluding tert-OH is 1. The van der Waals surface area contributed by atoms with Gasteiger partial charge in [-0.05, 0) is 63.4 Å². The molecule has 0 bridgehead atoms. The van der Waals surface area contributed by atoms with Gasteiger partial charge in [-0.15, -0.1) is 0 Å². The number of hydrogen-bond donors (Lipinski definition) is 2. The number of carbonyl (C=O) groups is 4. The average Bonchev–Trinajstić information content (AvgIpc) is 3.72. The highest BCUT2D eigenvalue weighted by molar-refractivity contribution is 6.54. The molecule has 0 radical (unpaired) electrons. The number of alkyl halides is 2. The number of anilines is 1. The first-order valence-corrected chi connectivity index (χ1v) is 17.4. The zero-order chi connectivity index (χ0) is 37.3. The molecule has 50 heavy (non-hydrogen) atoms. The highest BCUT2D eigenvalue weighted by Crippen LogP contribution is 2.26. The zero-order valence-corrected chi connectivity index (χ0v) is 31.6. The van der Waals surface area contributed by atoms with Gasteiger partial charge < -0.3 is 24.6 Å². The summed E-state index contributed by atoms with van der Waals surface area (Å²) in [5.41, 5.74) is 0.945. The Bertz CT molecular complexity index is 1610. The lowest BCUT2D eigenvalue weighted by molar-refractivity contribution is -0.131. The van der Waals surface area contributed by atoms with Crippen LogP contribution < -0.4 is 10.2 Å². The van der Waals surface area contributed by atoms with Crippen LogP contribution in [-0.4, -0.2) is 85.6 Å². The van der Waals surface area contributed by atoms with Crippen LogP contribution in [0.15, 0.2) is 53.3 Å². The summed E-state index contributed by atoms with van der Waals surface area (Å²) in [6, 6.07) is 8.29. The molecule has 1 aliphatic rings. The number of halogens is 4. The molecular formula is C34H41Cl4N5O7. The standard InChI is InChI=1S/C27H35Cl2N5O7.C7H6Cl2/c1-15(2)22(32-24(37)19-13-17(35)14-34(19)26(39)40-27(3,4)5)20(36)8-11-33(25(38)23(28)29)16-6-9-30-18(12-16)21-7-10-31-41-21;1-5-6(8)3-2-4-7(5)9/h6-7,9-10,12,15,17,19,22-23,35H,8,11,13-14H2,1-5H3,(H,32,37);2-4H,1H3. The molecule has 16 heteroatoms. The summed E-state index contributed by atoms with van der Waals surface area (Å²) in [5.74, 6) is -1.51. The van der Waals surface area contributed by atoms with Crippen molar-refractivity contribution in [3.05, 3.63) is 64.4 Å².